The normalized spacial score (nSPS) is 11.2. The van der Waals surface area contributed by atoms with Crippen molar-refractivity contribution >= 4 is 21.6 Å². The molecule has 0 aliphatic carbocycles. The summed E-state index contributed by atoms with van der Waals surface area (Å²) in [6, 6.07) is 24.5. The monoisotopic (exact) mass is 434 g/mol. The van der Waals surface area contributed by atoms with Gasteiger partial charge in [-0.3, -0.25) is 0 Å². The Hall–Kier alpha value is -3.44. The van der Waals surface area contributed by atoms with Gasteiger partial charge in [-0.2, -0.15) is 10.4 Å². The van der Waals surface area contributed by atoms with E-state index in [-0.39, 0.29) is 4.90 Å². The topological polar surface area (TPSA) is 102 Å². The van der Waals surface area contributed by atoms with E-state index < -0.39 is 10.0 Å². The maximum absolute atomic E-state index is 12.2. The fraction of sp³-hybridized carbons (Fsp3) is 0. The van der Waals surface area contributed by atoms with Crippen molar-refractivity contribution in [3.8, 4) is 34.3 Å². The molecule has 0 saturated heterocycles. The lowest BCUT2D eigenvalue weighted by molar-refractivity contribution is 0.596. The molecule has 0 saturated carbocycles. The Bertz CT molecular complexity index is 1390. The van der Waals surface area contributed by atoms with Crippen LogP contribution < -0.4 is 5.14 Å². The maximum atomic E-state index is 12.2. The number of nitriles is 1. The highest BCUT2D eigenvalue weighted by atomic mass is 35.5. The third kappa shape index (κ3) is 3.84. The SMILES string of the molecule is N#Cc1cccc(-c2cc(-c3ccc(Cl)cc3)n(-c3ccccc3S(N)(=O)=O)n2)c1. The summed E-state index contributed by atoms with van der Waals surface area (Å²) in [6.07, 6.45) is 0. The van der Waals surface area contributed by atoms with Crippen LogP contribution in [-0.4, -0.2) is 18.2 Å². The van der Waals surface area contributed by atoms with Gasteiger partial charge in [0.05, 0.1) is 28.7 Å². The maximum Gasteiger partial charge on any atom is 0.240 e. The molecule has 4 rings (SSSR count). The highest BCUT2D eigenvalue weighted by Crippen LogP contribution is 2.31. The van der Waals surface area contributed by atoms with Crippen molar-refractivity contribution in [2.75, 3.05) is 0 Å². The molecular weight excluding hydrogens is 420 g/mol. The van der Waals surface area contributed by atoms with Gasteiger partial charge < -0.3 is 0 Å². The quantitative estimate of drug-likeness (QED) is 0.514. The lowest BCUT2D eigenvalue weighted by atomic mass is 10.1. The second-order valence-corrected chi connectivity index (χ2v) is 8.51. The van der Waals surface area contributed by atoms with Crippen LogP contribution in [-0.2, 0) is 10.0 Å². The molecular formula is C22H15ClN4O2S. The van der Waals surface area contributed by atoms with Crippen LogP contribution in [0.1, 0.15) is 5.56 Å². The zero-order chi connectivity index (χ0) is 21.3. The van der Waals surface area contributed by atoms with Gasteiger partial charge in [-0.15, -0.1) is 0 Å². The first-order valence-electron chi connectivity index (χ1n) is 8.85. The third-order valence-electron chi connectivity index (χ3n) is 4.54. The Labute approximate surface area is 178 Å². The predicted octanol–water partition coefficient (Wildman–Crippen LogP) is 4.38. The molecule has 0 fully saturated rings. The van der Waals surface area contributed by atoms with Gasteiger partial charge in [-0.25, -0.2) is 18.2 Å². The smallest absolute Gasteiger partial charge is 0.231 e. The number of rotatable bonds is 4. The van der Waals surface area contributed by atoms with Crippen molar-refractivity contribution in [2.45, 2.75) is 4.90 Å². The van der Waals surface area contributed by atoms with Gasteiger partial charge in [0.1, 0.15) is 4.90 Å². The van der Waals surface area contributed by atoms with Crippen LogP contribution in [0.15, 0.2) is 83.8 Å². The van der Waals surface area contributed by atoms with E-state index in [0.717, 1.165) is 11.1 Å². The van der Waals surface area contributed by atoms with Crippen LogP contribution in [0.5, 0.6) is 0 Å². The second-order valence-electron chi connectivity index (χ2n) is 6.54. The number of nitrogens with zero attached hydrogens (tertiary/aromatic N) is 3. The Morgan fingerprint density at radius 1 is 0.933 bits per heavy atom. The van der Waals surface area contributed by atoms with Gasteiger partial charge in [-0.1, -0.05) is 48.0 Å². The zero-order valence-electron chi connectivity index (χ0n) is 15.5. The van der Waals surface area contributed by atoms with Gasteiger partial charge >= 0.3 is 0 Å². The molecule has 6 nitrogen and oxygen atoms in total. The van der Waals surface area contributed by atoms with Gasteiger partial charge in [-0.05, 0) is 42.5 Å². The number of hydrogen-bond acceptors (Lipinski definition) is 4. The first-order valence-corrected chi connectivity index (χ1v) is 10.8. The summed E-state index contributed by atoms with van der Waals surface area (Å²) in [7, 11) is -3.98. The Balaban J connectivity index is 1.99. The molecule has 0 aliphatic rings. The summed E-state index contributed by atoms with van der Waals surface area (Å²) in [5.41, 5.74) is 3.59. The van der Waals surface area contributed by atoms with Crippen molar-refractivity contribution in [3.63, 3.8) is 0 Å². The van der Waals surface area contributed by atoms with Crippen LogP contribution in [0, 0.1) is 11.3 Å². The molecule has 1 heterocycles. The highest BCUT2D eigenvalue weighted by Gasteiger charge is 2.20. The van der Waals surface area contributed by atoms with Crippen LogP contribution in [0.4, 0.5) is 0 Å². The molecule has 4 aromatic rings. The van der Waals surface area contributed by atoms with Crippen molar-refractivity contribution in [1.29, 1.82) is 5.26 Å². The second kappa shape index (κ2) is 7.76. The number of benzene rings is 3. The summed E-state index contributed by atoms with van der Waals surface area (Å²) in [5.74, 6) is 0. The largest absolute Gasteiger partial charge is 0.240 e. The molecule has 0 spiro atoms. The number of primary sulfonamides is 1. The number of nitrogens with two attached hydrogens (primary N) is 1. The van der Waals surface area contributed by atoms with E-state index in [0.29, 0.717) is 27.7 Å². The third-order valence-corrected chi connectivity index (χ3v) is 5.75. The summed E-state index contributed by atoms with van der Waals surface area (Å²) in [4.78, 5) is -0.0411. The number of aromatic nitrogens is 2. The summed E-state index contributed by atoms with van der Waals surface area (Å²) < 4.78 is 25.9. The zero-order valence-corrected chi connectivity index (χ0v) is 17.1. The average Bonchev–Trinajstić information content (AvgIpc) is 3.19. The van der Waals surface area contributed by atoms with E-state index in [1.807, 2.05) is 24.3 Å². The van der Waals surface area contributed by atoms with Gasteiger partial charge in [0, 0.05) is 16.1 Å². The molecule has 0 amide bonds. The fourth-order valence-electron chi connectivity index (χ4n) is 3.15. The van der Waals surface area contributed by atoms with Gasteiger partial charge in [0.15, 0.2) is 0 Å². The van der Waals surface area contributed by atoms with Crippen molar-refractivity contribution in [3.05, 3.63) is 89.4 Å². The van der Waals surface area contributed by atoms with Crippen molar-refractivity contribution in [2.24, 2.45) is 5.14 Å². The van der Waals surface area contributed by atoms with E-state index in [1.54, 1.807) is 48.5 Å². The van der Waals surface area contributed by atoms with Crippen molar-refractivity contribution in [1.82, 2.24) is 9.78 Å². The van der Waals surface area contributed by atoms with Gasteiger partial charge in [0.25, 0.3) is 0 Å². The van der Waals surface area contributed by atoms with Gasteiger partial charge in [0.2, 0.25) is 10.0 Å². The lowest BCUT2D eigenvalue weighted by Crippen LogP contribution is -2.16. The lowest BCUT2D eigenvalue weighted by Gasteiger charge is -2.11. The molecule has 0 unspecified atom stereocenters. The average molecular weight is 435 g/mol. The Kier molecular flexibility index (Phi) is 5.14. The molecule has 2 N–H and O–H groups in total. The molecule has 0 bridgehead atoms. The minimum atomic E-state index is -3.98. The van der Waals surface area contributed by atoms with Crippen LogP contribution >= 0.6 is 11.6 Å². The van der Waals surface area contributed by atoms with Crippen LogP contribution in [0.2, 0.25) is 5.02 Å². The molecule has 1 aromatic heterocycles. The fourth-order valence-corrected chi connectivity index (χ4v) is 3.99. The molecule has 8 heteroatoms. The molecule has 0 radical (unpaired) electrons. The van der Waals surface area contributed by atoms with Crippen molar-refractivity contribution < 1.29 is 8.42 Å². The van der Waals surface area contributed by atoms with E-state index in [1.165, 1.54) is 10.7 Å². The number of sulfonamides is 1. The van der Waals surface area contributed by atoms with Crippen LogP contribution in [0.25, 0.3) is 28.2 Å². The molecule has 3 aromatic carbocycles. The molecule has 0 aliphatic heterocycles. The molecule has 30 heavy (non-hydrogen) atoms. The van der Waals surface area contributed by atoms with E-state index >= 15 is 0 Å². The van der Waals surface area contributed by atoms with E-state index in [2.05, 4.69) is 11.2 Å². The summed E-state index contributed by atoms with van der Waals surface area (Å²) in [6.45, 7) is 0. The first-order chi connectivity index (χ1) is 14.4. The molecule has 148 valence electrons. The Morgan fingerprint density at radius 3 is 2.37 bits per heavy atom. The molecule has 0 atom stereocenters. The number of hydrogen-bond donors (Lipinski definition) is 1. The first kappa shape index (κ1) is 19.9. The number of halogens is 1. The highest BCUT2D eigenvalue weighted by molar-refractivity contribution is 7.89. The minimum absolute atomic E-state index is 0.0411. The van der Waals surface area contributed by atoms with E-state index in [9.17, 15) is 13.7 Å². The Morgan fingerprint density at radius 2 is 1.67 bits per heavy atom. The minimum Gasteiger partial charge on any atom is -0.231 e. The predicted molar refractivity (Wildman–Crippen MR) is 116 cm³/mol. The van der Waals surface area contributed by atoms with Crippen LogP contribution in [0.3, 0.4) is 0 Å². The van der Waals surface area contributed by atoms with E-state index in [4.69, 9.17) is 16.7 Å². The summed E-state index contributed by atoms with van der Waals surface area (Å²) in [5, 5.41) is 19.9. The number of para-hydroxylation sites is 1. The summed E-state index contributed by atoms with van der Waals surface area (Å²) >= 11 is 6.03. The standard InChI is InChI=1S/C22H15ClN4O2S/c23-18-10-8-16(9-11-18)21-13-19(17-5-3-4-15(12-17)14-24)26-27(21)20-6-1-2-7-22(20)30(25,28)29/h1-13H,(H2,25,28,29).